The predicted octanol–water partition coefficient (Wildman–Crippen LogP) is -1.61. The summed E-state index contributed by atoms with van der Waals surface area (Å²) in [5, 5.41) is 48.5. The molecule has 25 heavy (non-hydrogen) atoms. The van der Waals surface area contributed by atoms with E-state index in [0.717, 1.165) is 4.90 Å². The normalized spacial score (nSPS) is 34.9. The van der Waals surface area contributed by atoms with Crippen LogP contribution in [0.25, 0.3) is 0 Å². The quantitative estimate of drug-likeness (QED) is 0.434. The minimum Gasteiger partial charge on any atom is -0.481 e. The van der Waals surface area contributed by atoms with Gasteiger partial charge in [-0.15, -0.1) is 0 Å². The number of hydrogen-bond acceptors (Lipinski definition) is 7. The van der Waals surface area contributed by atoms with Crippen LogP contribution >= 0.6 is 0 Å². The van der Waals surface area contributed by atoms with Crippen LogP contribution in [-0.2, 0) is 14.3 Å². The Morgan fingerprint density at radius 3 is 2.44 bits per heavy atom. The maximum absolute atomic E-state index is 12.8. The molecule has 1 fully saturated rings. The van der Waals surface area contributed by atoms with E-state index in [9.17, 15) is 30.0 Å². The van der Waals surface area contributed by atoms with Crippen LogP contribution < -0.4 is 4.90 Å². The highest BCUT2D eigenvalue weighted by molar-refractivity contribution is 6.06. The molecule has 2 heterocycles. The molecule has 1 amide bonds. The molecule has 0 aromatic heterocycles. The number of benzene rings is 1. The number of carboxylic acids is 1. The van der Waals surface area contributed by atoms with Gasteiger partial charge in [-0.05, 0) is 11.6 Å². The van der Waals surface area contributed by atoms with E-state index in [1.807, 2.05) is 0 Å². The molecule has 9 nitrogen and oxygen atoms in total. The van der Waals surface area contributed by atoms with Crippen molar-refractivity contribution in [2.24, 2.45) is 0 Å². The first-order chi connectivity index (χ1) is 11.9. The van der Waals surface area contributed by atoms with Crippen molar-refractivity contribution in [3.63, 3.8) is 0 Å². The van der Waals surface area contributed by atoms with Crippen LogP contribution in [-0.4, -0.2) is 74.7 Å². The molecule has 3 rings (SSSR count). The predicted molar refractivity (Wildman–Crippen MR) is 82.7 cm³/mol. The zero-order valence-corrected chi connectivity index (χ0v) is 13.1. The van der Waals surface area contributed by atoms with Gasteiger partial charge in [0.25, 0.3) is 0 Å². The molecule has 6 atom stereocenters. The average Bonchev–Trinajstić information content (AvgIpc) is 2.85. The number of carbonyl (C=O) groups is 2. The van der Waals surface area contributed by atoms with Crippen molar-refractivity contribution in [1.82, 2.24) is 0 Å². The monoisotopic (exact) mass is 353 g/mol. The molecule has 1 aromatic rings. The van der Waals surface area contributed by atoms with Gasteiger partial charge in [-0.2, -0.15) is 0 Å². The standard InChI is InChI=1S/C16H19NO8/c18-6-10-12(21)13(22)14(23)16(25-10)17-9-4-2-1-3-7(9)8(15(17)24)5-11(19)20/h1-4,8,10,12-14,16,18,21-23H,5-6H2,(H,19,20)/t8?,10-,12-,13+,14-,16-/m1/s1. The van der Waals surface area contributed by atoms with Gasteiger partial charge in [-0.1, -0.05) is 18.2 Å². The molecular weight excluding hydrogens is 334 g/mol. The van der Waals surface area contributed by atoms with Gasteiger partial charge >= 0.3 is 5.97 Å². The van der Waals surface area contributed by atoms with Crippen molar-refractivity contribution in [3.05, 3.63) is 29.8 Å². The van der Waals surface area contributed by atoms with Gasteiger partial charge in [-0.3, -0.25) is 14.5 Å². The highest BCUT2D eigenvalue weighted by Crippen LogP contribution is 2.42. The molecular formula is C16H19NO8. The van der Waals surface area contributed by atoms with E-state index in [1.54, 1.807) is 24.3 Å². The minimum absolute atomic E-state index is 0.364. The van der Waals surface area contributed by atoms with Crippen molar-refractivity contribution in [1.29, 1.82) is 0 Å². The van der Waals surface area contributed by atoms with Crippen molar-refractivity contribution in [2.45, 2.75) is 43.0 Å². The number of aliphatic hydroxyl groups excluding tert-OH is 4. The summed E-state index contributed by atoms with van der Waals surface area (Å²) in [5.41, 5.74) is 0.843. The molecule has 1 unspecified atom stereocenters. The molecule has 0 aliphatic carbocycles. The third kappa shape index (κ3) is 2.90. The fraction of sp³-hybridized carbons (Fsp3) is 0.500. The number of para-hydroxylation sites is 1. The highest BCUT2D eigenvalue weighted by Gasteiger charge is 2.51. The molecule has 0 saturated carbocycles. The van der Waals surface area contributed by atoms with E-state index in [0.29, 0.717) is 11.3 Å². The topological polar surface area (TPSA) is 148 Å². The molecule has 136 valence electrons. The Kier molecular flexibility index (Phi) is 4.76. The first-order valence-electron chi connectivity index (χ1n) is 7.81. The fourth-order valence-corrected chi connectivity index (χ4v) is 3.35. The van der Waals surface area contributed by atoms with Gasteiger partial charge in [0.1, 0.15) is 24.4 Å². The molecule has 2 aliphatic heterocycles. The summed E-state index contributed by atoms with van der Waals surface area (Å²) in [4.78, 5) is 25.0. The molecule has 5 N–H and O–H groups in total. The Morgan fingerprint density at radius 2 is 1.80 bits per heavy atom. The van der Waals surface area contributed by atoms with Crippen LogP contribution in [0.15, 0.2) is 24.3 Å². The molecule has 1 saturated heterocycles. The second kappa shape index (κ2) is 6.70. The Hall–Kier alpha value is -2.04. The maximum Gasteiger partial charge on any atom is 0.304 e. The number of amides is 1. The van der Waals surface area contributed by atoms with Crippen LogP contribution in [0, 0.1) is 0 Å². The van der Waals surface area contributed by atoms with E-state index >= 15 is 0 Å². The molecule has 0 bridgehead atoms. The summed E-state index contributed by atoms with van der Waals surface area (Å²) >= 11 is 0. The van der Waals surface area contributed by atoms with Crippen molar-refractivity contribution in [3.8, 4) is 0 Å². The smallest absolute Gasteiger partial charge is 0.304 e. The number of hydrogen-bond donors (Lipinski definition) is 5. The number of nitrogens with zero attached hydrogens (tertiary/aromatic N) is 1. The number of carboxylic acid groups (broad SMARTS) is 1. The van der Waals surface area contributed by atoms with E-state index in [1.165, 1.54) is 0 Å². The van der Waals surface area contributed by atoms with Gasteiger partial charge in [0, 0.05) is 0 Å². The summed E-state index contributed by atoms with van der Waals surface area (Å²) in [6.45, 7) is -0.621. The zero-order chi connectivity index (χ0) is 18.3. The average molecular weight is 353 g/mol. The number of aliphatic carboxylic acids is 1. The van der Waals surface area contributed by atoms with E-state index in [-0.39, 0.29) is 0 Å². The Morgan fingerprint density at radius 1 is 1.12 bits per heavy atom. The molecule has 1 aromatic carbocycles. The van der Waals surface area contributed by atoms with E-state index < -0.39 is 61.5 Å². The number of ether oxygens (including phenoxy) is 1. The van der Waals surface area contributed by atoms with Gasteiger partial charge in [-0.25, -0.2) is 0 Å². The van der Waals surface area contributed by atoms with Crippen LogP contribution in [0.3, 0.4) is 0 Å². The summed E-state index contributed by atoms with van der Waals surface area (Å²) < 4.78 is 5.44. The lowest BCUT2D eigenvalue weighted by molar-refractivity contribution is -0.228. The summed E-state index contributed by atoms with van der Waals surface area (Å²) in [5.74, 6) is -2.68. The van der Waals surface area contributed by atoms with Gasteiger partial charge in [0.05, 0.1) is 24.6 Å². The largest absolute Gasteiger partial charge is 0.481 e. The number of fused-ring (bicyclic) bond motifs is 1. The molecule has 2 aliphatic rings. The lowest BCUT2D eigenvalue weighted by atomic mass is 9.97. The van der Waals surface area contributed by atoms with Crippen molar-refractivity contribution in [2.75, 3.05) is 11.5 Å². The van der Waals surface area contributed by atoms with Crippen LogP contribution in [0.5, 0.6) is 0 Å². The fourth-order valence-electron chi connectivity index (χ4n) is 3.35. The lowest BCUT2D eigenvalue weighted by Crippen LogP contribution is -2.64. The maximum atomic E-state index is 12.8. The summed E-state index contributed by atoms with van der Waals surface area (Å²) in [6.07, 6.45) is -7.75. The number of aliphatic hydroxyl groups is 4. The molecule has 0 radical (unpaired) electrons. The van der Waals surface area contributed by atoms with Crippen LogP contribution in [0.2, 0.25) is 0 Å². The van der Waals surface area contributed by atoms with Crippen molar-refractivity contribution >= 4 is 17.6 Å². The van der Waals surface area contributed by atoms with Crippen LogP contribution in [0.4, 0.5) is 5.69 Å². The first kappa shape index (κ1) is 17.8. The van der Waals surface area contributed by atoms with Crippen LogP contribution in [0.1, 0.15) is 17.9 Å². The number of carbonyl (C=O) groups excluding carboxylic acids is 1. The van der Waals surface area contributed by atoms with E-state index in [2.05, 4.69) is 0 Å². The number of anilines is 1. The second-order valence-electron chi connectivity index (χ2n) is 6.14. The highest BCUT2D eigenvalue weighted by atomic mass is 16.6. The molecule has 0 spiro atoms. The van der Waals surface area contributed by atoms with Crippen molar-refractivity contribution < 1.29 is 39.9 Å². The minimum atomic E-state index is -1.63. The van der Waals surface area contributed by atoms with Gasteiger partial charge in [0.2, 0.25) is 5.91 Å². The number of rotatable bonds is 4. The lowest BCUT2D eigenvalue weighted by Gasteiger charge is -2.43. The van der Waals surface area contributed by atoms with E-state index in [4.69, 9.17) is 9.84 Å². The Balaban J connectivity index is 1.99. The third-order valence-corrected chi connectivity index (χ3v) is 4.61. The molecule has 9 heteroatoms. The third-order valence-electron chi connectivity index (χ3n) is 4.61. The summed E-state index contributed by atoms with van der Waals surface area (Å²) in [6, 6.07) is 6.51. The summed E-state index contributed by atoms with van der Waals surface area (Å²) in [7, 11) is 0. The second-order valence-corrected chi connectivity index (χ2v) is 6.14. The zero-order valence-electron chi connectivity index (χ0n) is 13.1. The Bertz CT molecular complexity index is 678. The first-order valence-corrected chi connectivity index (χ1v) is 7.81. The SMILES string of the molecule is O=C(O)CC1C(=O)N([C@@H]2O[C@H](CO)[C@@H](O)[C@H](O)[C@H]2O)c2ccccc21. The van der Waals surface area contributed by atoms with Gasteiger partial charge < -0.3 is 30.3 Å². The Labute approximate surface area is 142 Å². The van der Waals surface area contributed by atoms with Gasteiger partial charge in [0.15, 0.2) is 6.23 Å².